The molecule has 1 saturated heterocycles. The van der Waals surface area contributed by atoms with Gasteiger partial charge in [-0.25, -0.2) is 0 Å². The van der Waals surface area contributed by atoms with Gasteiger partial charge in [-0.2, -0.15) is 0 Å². The second kappa shape index (κ2) is 9.38. The lowest BCUT2D eigenvalue weighted by atomic mass is 9.84. The number of nitrogens with zero attached hydrogens (tertiary/aromatic N) is 1. The highest BCUT2D eigenvalue weighted by atomic mass is 16.5. The Kier molecular flexibility index (Phi) is 6.66. The third-order valence-electron chi connectivity index (χ3n) is 5.13. The molecule has 1 amide bonds. The van der Waals surface area contributed by atoms with Gasteiger partial charge in [0.05, 0.1) is 13.0 Å². The molecule has 0 radical (unpaired) electrons. The number of rotatable bonds is 7. The van der Waals surface area contributed by atoms with Gasteiger partial charge in [-0.1, -0.05) is 48.5 Å². The van der Waals surface area contributed by atoms with E-state index in [4.69, 9.17) is 4.74 Å². The summed E-state index contributed by atoms with van der Waals surface area (Å²) in [6, 6.07) is 18.7. The molecule has 27 heavy (non-hydrogen) atoms. The van der Waals surface area contributed by atoms with Crippen molar-refractivity contribution in [2.24, 2.45) is 5.92 Å². The van der Waals surface area contributed by atoms with Gasteiger partial charge in [-0.15, -0.1) is 6.58 Å². The molecule has 142 valence electrons. The molecule has 1 fully saturated rings. The number of carbonyl (C=O) groups excluding carboxylic acids is 1. The van der Waals surface area contributed by atoms with Crippen LogP contribution in [0.25, 0.3) is 0 Å². The molecule has 0 aromatic heterocycles. The van der Waals surface area contributed by atoms with Gasteiger partial charge < -0.3 is 10.1 Å². The number of carbonyl (C=O) groups is 1. The Morgan fingerprint density at radius 1 is 1.22 bits per heavy atom. The number of likely N-dealkylation sites (tertiary alicyclic amines) is 1. The van der Waals surface area contributed by atoms with Gasteiger partial charge >= 0.3 is 0 Å². The number of hydrogen-bond acceptors (Lipinski definition) is 3. The summed E-state index contributed by atoms with van der Waals surface area (Å²) in [5.74, 6) is 1.31. The van der Waals surface area contributed by atoms with E-state index in [9.17, 15) is 4.79 Å². The minimum Gasteiger partial charge on any atom is -0.497 e. The van der Waals surface area contributed by atoms with Gasteiger partial charge in [0.2, 0.25) is 5.91 Å². The topological polar surface area (TPSA) is 41.6 Å². The van der Waals surface area contributed by atoms with Crippen molar-refractivity contribution < 1.29 is 9.53 Å². The Hall–Kier alpha value is -2.59. The molecule has 3 rings (SSSR count). The van der Waals surface area contributed by atoms with Crippen LogP contribution in [0.3, 0.4) is 0 Å². The third kappa shape index (κ3) is 5.20. The summed E-state index contributed by atoms with van der Waals surface area (Å²) in [6.45, 7) is 6.74. The fourth-order valence-electron chi connectivity index (χ4n) is 3.82. The number of amides is 1. The Labute approximate surface area is 161 Å². The molecule has 0 spiro atoms. The standard InChI is InChI=1S/C23H28N2O2/c1-3-12-24-23(26)21-14-20(19-9-5-4-6-10-19)16-25(17-21)15-18-8-7-11-22(13-18)27-2/h3-11,13,20-21H,1,12,14-17H2,2H3,(H,24,26). The SMILES string of the molecule is C=CCNC(=O)C1CC(c2ccccc2)CN(Cc2cccc(OC)c2)C1. The van der Waals surface area contributed by atoms with Gasteiger partial charge in [-0.3, -0.25) is 9.69 Å². The fraction of sp³-hybridized carbons (Fsp3) is 0.348. The second-order valence-electron chi connectivity index (χ2n) is 7.12. The van der Waals surface area contributed by atoms with E-state index < -0.39 is 0 Å². The van der Waals surface area contributed by atoms with E-state index in [1.54, 1.807) is 13.2 Å². The predicted molar refractivity (Wildman–Crippen MR) is 109 cm³/mol. The summed E-state index contributed by atoms with van der Waals surface area (Å²) in [5.41, 5.74) is 2.50. The third-order valence-corrected chi connectivity index (χ3v) is 5.13. The van der Waals surface area contributed by atoms with Crippen molar-refractivity contribution in [3.8, 4) is 5.75 Å². The maximum Gasteiger partial charge on any atom is 0.224 e. The van der Waals surface area contributed by atoms with Crippen molar-refractivity contribution in [1.82, 2.24) is 10.2 Å². The van der Waals surface area contributed by atoms with E-state index in [0.29, 0.717) is 12.5 Å². The summed E-state index contributed by atoms with van der Waals surface area (Å²) in [7, 11) is 1.69. The van der Waals surface area contributed by atoms with Crippen LogP contribution in [0, 0.1) is 5.92 Å². The van der Waals surface area contributed by atoms with Crippen molar-refractivity contribution in [3.05, 3.63) is 78.4 Å². The predicted octanol–water partition coefficient (Wildman–Crippen LogP) is 3.60. The van der Waals surface area contributed by atoms with Gasteiger partial charge in [-0.05, 0) is 35.6 Å². The largest absolute Gasteiger partial charge is 0.497 e. The maximum absolute atomic E-state index is 12.6. The average Bonchev–Trinajstić information content (AvgIpc) is 2.72. The normalized spacial score (nSPS) is 20.0. The van der Waals surface area contributed by atoms with Crippen LogP contribution in [0.15, 0.2) is 67.3 Å². The van der Waals surface area contributed by atoms with E-state index in [0.717, 1.165) is 31.8 Å². The first-order valence-electron chi connectivity index (χ1n) is 9.48. The number of benzene rings is 2. The Morgan fingerprint density at radius 2 is 2.04 bits per heavy atom. The summed E-state index contributed by atoms with van der Waals surface area (Å²) in [4.78, 5) is 15.0. The van der Waals surface area contributed by atoms with Crippen molar-refractivity contribution in [1.29, 1.82) is 0 Å². The smallest absolute Gasteiger partial charge is 0.224 e. The van der Waals surface area contributed by atoms with Crippen LogP contribution in [0.4, 0.5) is 0 Å². The van der Waals surface area contributed by atoms with Crippen LogP contribution >= 0.6 is 0 Å². The van der Waals surface area contributed by atoms with E-state index in [1.807, 2.05) is 18.2 Å². The highest BCUT2D eigenvalue weighted by Crippen LogP contribution is 2.31. The van der Waals surface area contributed by atoms with E-state index >= 15 is 0 Å². The molecule has 0 saturated carbocycles. The number of nitrogens with one attached hydrogen (secondary N) is 1. The summed E-state index contributed by atoms with van der Waals surface area (Å²) < 4.78 is 5.35. The summed E-state index contributed by atoms with van der Waals surface area (Å²) in [5, 5.41) is 2.97. The second-order valence-corrected chi connectivity index (χ2v) is 7.12. The Balaban J connectivity index is 1.77. The van der Waals surface area contributed by atoms with E-state index in [1.165, 1.54) is 11.1 Å². The molecule has 2 aromatic rings. The lowest BCUT2D eigenvalue weighted by molar-refractivity contribution is -0.126. The number of hydrogen-bond donors (Lipinski definition) is 1. The molecular weight excluding hydrogens is 336 g/mol. The van der Waals surface area contributed by atoms with Crippen molar-refractivity contribution in [2.75, 3.05) is 26.7 Å². The zero-order valence-corrected chi connectivity index (χ0v) is 15.9. The zero-order valence-electron chi connectivity index (χ0n) is 15.9. The number of methoxy groups -OCH3 is 1. The molecule has 0 aliphatic carbocycles. The van der Waals surface area contributed by atoms with Gasteiger partial charge in [0.25, 0.3) is 0 Å². The fourth-order valence-corrected chi connectivity index (χ4v) is 3.82. The lowest BCUT2D eigenvalue weighted by Crippen LogP contribution is -2.45. The highest BCUT2D eigenvalue weighted by Gasteiger charge is 2.32. The molecule has 1 aliphatic rings. The van der Waals surface area contributed by atoms with Crippen LogP contribution in [0.1, 0.15) is 23.5 Å². The van der Waals surface area contributed by atoms with Gasteiger partial charge in [0.1, 0.15) is 5.75 Å². The maximum atomic E-state index is 12.6. The van der Waals surface area contributed by atoms with E-state index in [-0.39, 0.29) is 11.8 Å². The molecule has 4 heteroatoms. The van der Waals surface area contributed by atoms with Crippen LogP contribution in [0.2, 0.25) is 0 Å². The first-order chi connectivity index (χ1) is 13.2. The van der Waals surface area contributed by atoms with Crippen LogP contribution in [0.5, 0.6) is 5.75 Å². The zero-order chi connectivity index (χ0) is 19.1. The van der Waals surface area contributed by atoms with Crippen LogP contribution < -0.4 is 10.1 Å². The lowest BCUT2D eigenvalue weighted by Gasteiger charge is -2.37. The minimum absolute atomic E-state index is 0.0190. The van der Waals surface area contributed by atoms with E-state index in [2.05, 4.69) is 53.2 Å². The monoisotopic (exact) mass is 364 g/mol. The van der Waals surface area contributed by atoms with Gasteiger partial charge in [0.15, 0.2) is 0 Å². The molecule has 2 aromatic carbocycles. The highest BCUT2D eigenvalue weighted by molar-refractivity contribution is 5.79. The molecule has 1 aliphatic heterocycles. The molecule has 1 N–H and O–H groups in total. The Morgan fingerprint density at radius 3 is 2.78 bits per heavy atom. The molecule has 2 atom stereocenters. The molecule has 1 heterocycles. The Bertz CT molecular complexity index is 760. The van der Waals surface area contributed by atoms with Gasteiger partial charge in [0, 0.05) is 26.2 Å². The summed E-state index contributed by atoms with van der Waals surface area (Å²) >= 11 is 0. The molecule has 2 unspecified atom stereocenters. The first kappa shape index (κ1) is 19.2. The number of ether oxygens (including phenoxy) is 1. The van der Waals surface area contributed by atoms with Crippen molar-refractivity contribution in [3.63, 3.8) is 0 Å². The molecule has 4 nitrogen and oxygen atoms in total. The average molecular weight is 364 g/mol. The molecular formula is C23H28N2O2. The minimum atomic E-state index is -0.0190. The number of piperidine rings is 1. The molecule has 0 bridgehead atoms. The van der Waals surface area contributed by atoms with Crippen molar-refractivity contribution in [2.45, 2.75) is 18.9 Å². The van der Waals surface area contributed by atoms with Crippen molar-refractivity contribution >= 4 is 5.91 Å². The quantitative estimate of drug-likeness (QED) is 0.763. The van der Waals surface area contributed by atoms with Crippen LogP contribution in [-0.2, 0) is 11.3 Å². The first-order valence-corrected chi connectivity index (χ1v) is 9.48. The van der Waals surface area contributed by atoms with Crippen LogP contribution in [-0.4, -0.2) is 37.6 Å². The summed E-state index contributed by atoms with van der Waals surface area (Å²) in [6.07, 6.45) is 2.60.